The third-order valence-electron chi connectivity index (χ3n) is 2.07. The lowest BCUT2D eigenvalue weighted by atomic mass is 10.1. The Morgan fingerprint density at radius 1 is 1.41 bits per heavy atom. The molecule has 0 bridgehead atoms. The third kappa shape index (κ3) is 3.75. The van der Waals surface area contributed by atoms with E-state index in [1.807, 2.05) is 6.92 Å². The maximum atomic E-state index is 10.9. The Morgan fingerprint density at radius 2 is 2.18 bits per heavy atom. The number of esters is 1. The van der Waals surface area contributed by atoms with E-state index >= 15 is 0 Å². The molecule has 90 valence electrons. The third-order valence-corrected chi connectivity index (χ3v) is 2.07. The van der Waals surface area contributed by atoms with E-state index in [9.17, 15) is 9.59 Å². The van der Waals surface area contributed by atoms with E-state index in [-0.39, 0.29) is 0 Å². The summed E-state index contributed by atoms with van der Waals surface area (Å²) in [5.74, 6) is 0.101. The van der Waals surface area contributed by atoms with Crippen LogP contribution in [0.5, 0.6) is 5.75 Å². The average molecular weight is 234 g/mol. The van der Waals surface area contributed by atoms with Crippen LogP contribution in [0.2, 0.25) is 0 Å². The lowest BCUT2D eigenvalue weighted by Crippen LogP contribution is -1.96. The van der Waals surface area contributed by atoms with Crippen molar-refractivity contribution in [3.05, 3.63) is 35.4 Å². The Morgan fingerprint density at radius 3 is 2.76 bits per heavy atom. The highest BCUT2D eigenvalue weighted by Gasteiger charge is 2.02. The summed E-state index contributed by atoms with van der Waals surface area (Å²) in [5.41, 5.74) is 1.19. The fraction of sp³-hybridized carbons (Fsp3) is 0.231. The summed E-state index contributed by atoms with van der Waals surface area (Å²) in [6, 6.07) is 5.11. The lowest BCUT2D eigenvalue weighted by molar-refractivity contribution is -0.134. The largest absolute Gasteiger partial charge is 0.493 e. The molecule has 0 unspecified atom stereocenters. The number of methoxy groups -OCH3 is 1. The topological polar surface area (TPSA) is 52.6 Å². The molecule has 4 nitrogen and oxygen atoms in total. The second-order valence-electron chi connectivity index (χ2n) is 3.20. The van der Waals surface area contributed by atoms with Crippen molar-refractivity contribution in [3.63, 3.8) is 0 Å². The summed E-state index contributed by atoms with van der Waals surface area (Å²) in [6.45, 7) is 2.35. The Bertz CT molecular complexity index is 435. The van der Waals surface area contributed by atoms with Crippen LogP contribution in [0, 0.1) is 0 Å². The van der Waals surface area contributed by atoms with E-state index in [1.165, 1.54) is 13.2 Å². The van der Waals surface area contributed by atoms with Gasteiger partial charge in [0.1, 0.15) is 5.75 Å². The molecule has 0 aliphatic rings. The molecule has 0 spiro atoms. The number of ether oxygens (including phenoxy) is 2. The monoisotopic (exact) mass is 234 g/mol. The van der Waals surface area contributed by atoms with Gasteiger partial charge in [-0.05, 0) is 30.7 Å². The minimum Gasteiger partial charge on any atom is -0.493 e. The zero-order chi connectivity index (χ0) is 12.7. The Hall–Kier alpha value is -2.10. The molecule has 17 heavy (non-hydrogen) atoms. The summed E-state index contributed by atoms with van der Waals surface area (Å²) in [7, 11) is 1.31. The van der Waals surface area contributed by atoms with E-state index in [0.29, 0.717) is 17.9 Å². The number of hydrogen-bond donors (Lipinski definition) is 0. The summed E-state index contributed by atoms with van der Waals surface area (Å²) in [5, 5.41) is 0. The molecule has 1 rings (SSSR count). The van der Waals surface area contributed by atoms with Crippen molar-refractivity contribution in [2.24, 2.45) is 0 Å². The van der Waals surface area contributed by atoms with Gasteiger partial charge in [0.2, 0.25) is 0 Å². The molecule has 0 fully saturated rings. The SMILES string of the molecule is CCOc1ccc(C=CC(=O)OC)cc1C=O. The molecule has 0 N–H and O–H groups in total. The van der Waals surface area contributed by atoms with Crippen LogP contribution in [-0.4, -0.2) is 26.0 Å². The second-order valence-corrected chi connectivity index (χ2v) is 3.20. The van der Waals surface area contributed by atoms with Crippen LogP contribution in [0.3, 0.4) is 0 Å². The van der Waals surface area contributed by atoms with Crippen LogP contribution in [-0.2, 0) is 9.53 Å². The second kappa shape index (κ2) is 6.48. The molecule has 0 radical (unpaired) electrons. The van der Waals surface area contributed by atoms with Crippen molar-refractivity contribution in [3.8, 4) is 5.75 Å². The fourth-order valence-corrected chi connectivity index (χ4v) is 1.28. The van der Waals surface area contributed by atoms with Crippen molar-refractivity contribution >= 4 is 18.3 Å². The number of carbonyl (C=O) groups is 2. The molecule has 1 aromatic rings. The minimum absolute atomic E-state index is 0.438. The van der Waals surface area contributed by atoms with Crippen LogP contribution < -0.4 is 4.74 Å². The summed E-state index contributed by atoms with van der Waals surface area (Å²) in [6.07, 6.45) is 3.60. The first-order valence-electron chi connectivity index (χ1n) is 5.19. The van der Waals surface area contributed by atoms with Gasteiger partial charge in [0, 0.05) is 6.08 Å². The Balaban J connectivity index is 2.93. The lowest BCUT2D eigenvalue weighted by Gasteiger charge is -2.06. The van der Waals surface area contributed by atoms with Gasteiger partial charge in [-0.25, -0.2) is 4.79 Å². The van der Waals surface area contributed by atoms with Crippen molar-refractivity contribution in [2.75, 3.05) is 13.7 Å². The highest BCUT2D eigenvalue weighted by Crippen LogP contribution is 2.19. The summed E-state index contributed by atoms with van der Waals surface area (Å²) < 4.78 is 9.75. The molecular weight excluding hydrogens is 220 g/mol. The van der Waals surface area contributed by atoms with Gasteiger partial charge in [0.05, 0.1) is 19.3 Å². The van der Waals surface area contributed by atoms with Gasteiger partial charge < -0.3 is 9.47 Å². The normalized spacial score (nSPS) is 10.2. The van der Waals surface area contributed by atoms with Crippen molar-refractivity contribution in [1.82, 2.24) is 0 Å². The Labute approximate surface area is 99.8 Å². The molecule has 0 atom stereocenters. The predicted molar refractivity (Wildman–Crippen MR) is 64.0 cm³/mol. The first-order valence-corrected chi connectivity index (χ1v) is 5.19. The average Bonchev–Trinajstić information content (AvgIpc) is 2.37. The molecule has 4 heteroatoms. The van der Waals surface area contributed by atoms with E-state index < -0.39 is 5.97 Å². The van der Waals surface area contributed by atoms with Gasteiger partial charge in [0.15, 0.2) is 6.29 Å². The van der Waals surface area contributed by atoms with Crippen molar-refractivity contribution in [2.45, 2.75) is 6.92 Å². The number of rotatable bonds is 5. The number of hydrogen-bond acceptors (Lipinski definition) is 4. The molecule has 0 saturated heterocycles. The fourth-order valence-electron chi connectivity index (χ4n) is 1.28. The summed E-state index contributed by atoms with van der Waals surface area (Å²) in [4.78, 5) is 21.8. The van der Waals surface area contributed by atoms with E-state index in [2.05, 4.69) is 4.74 Å². The zero-order valence-electron chi connectivity index (χ0n) is 9.80. The van der Waals surface area contributed by atoms with E-state index in [1.54, 1.807) is 24.3 Å². The van der Waals surface area contributed by atoms with Crippen LogP contribution >= 0.6 is 0 Å². The van der Waals surface area contributed by atoms with Gasteiger partial charge in [0.25, 0.3) is 0 Å². The first kappa shape index (κ1) is 13.0. The summed E-state index contributed by atoms with van der Waals surface area (Å²) >= 11 is 0. The van der Waals surface area contributed by atoms with Gasteiger partial charge in [-0.1, -0.05) is 6.07 Å². The molecular formula is C13H14O4. The molecule has 0 aliphatic heterocycles. The maximum Gasteiger partial charge on any atom is 0.330 e. The molecule has 1 aromatic carbocycles. The van der Waals surface area contributed by atoms with E-state index in [0.717, 1.165) is 11.8 Å². The predicted octanol–water partition coefficient (Wildman–Crippen LogP) is 2.08. The Kier molecular flexibility index (Phi) is 4.94. The molecule has 0 heterocycles. The van der Waals surface area contributed by atoms with Crippen LogP contribution in [0.15, 0.2) is 24.3 Å². The standard InChI is InChI=1S/C13H14O4/c1-3-17-12-6-4-10(8-11(12)9-14)5-7-13(15)16-2/h4-9H,3H2,1-2H3. The van der Waals surface area contributed by atoms with Crippen LogP contribution in [0.25, 0.3) is 6.08 Å². The van der Waals surface area contributed by atoms with Crippen molar-refractivity contribution in [1.29, 1.82) is 0 Å². The first-order chi connectivity index (χ1) is 8.21. The van der Waals surface area contributed by atoms with Gasteiger partial charge in [-0.15, -0.1) is 0 Å². The highest BCUT2D eigenvalue weighted by atomic mass is 16.5. The van der Waals surface area contributed by atoms with E-state index in [4.69, 9.17) is 4.74 Å². The smallest absolute Gasteiger partial charge is 0.330 e. The van der Waals surface area contributed by atoms with Gasteiger partial charge >= 0.3 is 5.97 Å². The quantitative estimate of drug-likeness (QED) is 0.444. The molecule has 0 aliphatic carbocycles. The number of benzene rings is 1. The molecule has 0 saturated carbocycles. The number of aldehydes is 1. The minimum atomic E-state index is -0.438. The molecule has 0 amide bonds. The van der Waals surface area contributed by atoms with Crippen molar-refractivity contribution < 1.29 is 19.1 Å². The van der Waals surface area contributed by atoms with Gasteiger partial charge in [-0.2, -0.15) is 0 Å². The van der Waals surface area contributed by atoms with Gasteiger partial charge in [-0.3, -0.25) is 4.79 Å². The van der Waals surface area contributed by atoms with Crippen LogP contribution in [0.4, 0.5) is 0 Å². The number of carbonyl (C=O) groups excluding carboxylic acids is 2. The highest BCUT2D eigenvalue weighted by molar-refractivity contribution is 5.88. The van der Waals surface area contributed by atoms with Crippen LogP contribution in [0.1, 0.15) is 22.8 Å². The zero-order valence-corrected chi connectivity index (χ0v) is 9.80. The molecule has 0 aromatic heterocycles. The maximum absolute atomic E-state index is 10.9.